The molecule has 114 valence electrons. The molecule has 21 heavy (non-hydrogen) atoms. The van der Waals surface area contributed by atoms with E-state index in [9.17, 15) is 14.4 Å². The Morgan fingerprint density at radius 2 is 2.14 bits per heavy atom. The van der Waals surface area contributed by atoms with Crippen LogP contribution in [-0.4, -0.2) is 40.5 Å². The van der Waals surface area contributed by atoms with Gasteiger partial charge in [-0.1, -0.05) is 19.8 Å². The van der Waals surface area contributed by atoms with E-state index in [0.29, 0.717) is 18.4 Å². The van der Waals surface area contributed by atoms with Crippen LogP contribution in [0.25, 0.3) is 0 Å². The standard InChI is InChI=1S/C14H19N3O4/c1-2-3-6-11(14(20)21)17-12(18)9-16-13(19)10-5-4-7-15-8-10/h4-5,7-8,11H,2-3,6,9H2,1H3,(H,16,19)(H,17,18)(H,20,21)/t11-/m0/s1. The molecule has 7 nitrogen and oxygen atoms in total. The number of nitrogens with zero attached hydrogens (tertiary/aromatic N) is 1. The molecule has 0 radical (unpaired) electrons. The second-order valence-corrected chi connectivity index (χ2v) is 4.52. The third-order valence-corrected chi connectivity index (χ3v) is 2.81. The monoisotopic (exact) mass is 293 g/mol. The van der Waals surface area contributed by atoms with E-state index < -0.39 is 23.8 Å². The van der Waals surface area contributed by atoms with Crippen LogP contribution in [0.2, 0.25) is 0 Å². The lowest BCUT2D eigenvalue weighted by Crippen LogP contribution is -2.45. The number of hydrogen-bond acceptors (Lipinski definition) is 4. The molecule has 0 spiro atoms. The molecular weight excluding hydrogens is 274 g/mol. The fraction of sp³-hybridized carbons (Fsp3) is 0.429. The van der Waals surface area contributed by atoms with E-state index in [-0.39, 0.29) is 6.54 Å². The van der Waals surface area contributed by atoms with Crippen molar-refractivity contribution in [2.24, 2.45) is 0 Å². The summed E-state index contributed by atoms with van der Waals surface area (Å²) < 4.78 is 0. The summed E-state index contributed by atoms with van der Waals surface area (Å²) >= 11 is 0. The fourth-order valence-corrected chi connectivity index (χ4v) is 1.67. The van der Waals surface area contributed by atoms with E-state index in [1.54, 1.807) is 12.1 Å². The van der Waals surface area contributed by atoms with Crippen LogP contribution in [0, 0.1) is 0 Å². The van der Waals surface area contributed by atoms with Gasteiger partial charge in [-0.2, -0.15) is 0 Å². The van der Waals surface area contributed by atoms with Gasteiger partial charge in [-0.3, -0.25) is 14.6 Å². The van der Waals surface area contributed by atoms with Gasteiger partial charge in [0.05, 0.1) is 12.1 Å². The maximum atomic E-state index is 11.7. The highest BCUT2D eigenvalue weighted by Crippen LogP contribution is 2.00. The molecule has 0 saturated heterocycles. The molecule has 0 unspecified atom stereocenters. The minimum Gasteiger partial charge on any atom is -0.480 e. The Morgan fingerprint density at radius 3 is 2.71 bits per heavy atom. The van der Waals surface area contributed by atoms with Crippen LogP contribution in [0.5, 0.6) is 0 Å². The Hall–Kier alpha value is -2.44. The number of aliphatic carboxylic acids is 1. The highest BCUT2D eigenvalue weighted by molar-refractivity contribution is 5.96. The summed E-state index contributed by atoms with van der Waals surface area (Å²) in [6, 6.07) is 2.26. The van der Waals surface area contributed by atoms with E-state index in [1.165, 1.54) is 12.4 Å². The maximum Gasteiger partial charge on any atom is 0.326 e. The van der Waals surface area contributed by atoms with Gasteiger partial charge in [-0.15, -0.1) is 0 Å². The van der Waals surface area contributed by atoms with E-state index in [2.05, 4.69) is 15.6 Å². The third kappa shape index (κ3) is 6.03. The zero-order valence-corrected chi connectivity index (χ0v) is 11.8. The maximum absolute atomic E-state index is 11.7. The Labute approximate surface area is 122 Å². The fourth-order valence-electron chi connectivity index (χ4n) is 1.67. The Morgan fingerprint density at radius 1 is 1.38 bits per heavy atom. The second-order valence-electron chi connectivity index (χ2n) is 4.52. The van der Waals surface area contributed by atoms with Crippen molar-refractivity contribution >= 4 is 17.8 Å². The number of carbonyl (C=O) groups is 3. The molecule has 1 rings (SSSR count). The predicted octanol–water partition coefficient (Wildman–Crippen LogP) is 0.571. The van der Waals surface area contributed by atoms with Crippen molar-refractivity contribution in [2.45, 2.75) is 32.2 Å². The quantitative estimate of drug-likeness (QED) is 0.649. The van der Waals surface area contributed by atoms with Gasteiger partial charge < -0.3 is 15.7 Å². The number of hydrogen-bond donors (Lipinski definition) is 3. The SMILES string of the molecule is CCCC[C@H](NC(=O)CNC(=O)c1cccnc1)C(=O)O. The summed E-state index contributed by atoms with van der Waals surface area (Å²) in [6.07, 6.45) is 4.84. The minimum absolute atomic E-state index is 0.274. The van der Waals surface area contributed by atoms with Crippen molar-refractivity contribution in [1.82, 2.24) is 15.6 Å². The number of aromatic nitrogens is 1. The first kappa shape index (κ1) is 16.6. The van der Waals surface area contributed by atoms with Crippen LogP contribution in [-0.2, 0) is 9.59 Å². The first-order chi connectivity index (χ1) is 10.0. The lowest BCUT2D eigenvalue weighted by molar-refractivity contribution is -0.141. The number of amides is 2. The van der Waals surface area contributed by atoms with E-state index >= 15 is 0 Å². The summed E-state index contributed by atoms with van der Waals surface area (Å²) in [5.41, 5.74) is 0.339. The van der Waals surface area contributed by atoms with Crippen LogP contribution in [0.4, 0.5) is 0 Å². The Balaban J connectivity index is 2.42. The summed E-state index contributed by atoms with van der Waals surface area (Å²) in [4.78, 5) is 38.1. The van der Waals surface area contributed by atoms with E-state index in [1.807, 2.05) is 6.92 Å². The van der Waals surface area contributed by atoms with Gasteiger partial charge in [-0.05, 0) is 18.6 Å². The molecule has 2 amide bonds. The molecule has 1 heterocycles. The number of rotatable bonds is 8. The average molecular weight is 293 g/mol. The topological polar surface area (TPSA) is 108 Å². The first-order valence-corrected chi connectivity index (χ1v) is 6.75. The van der Waals surface area contributed by atoms with Crippen molar-refractivity contribution in [3.63, 3.8) is 0 Å². The van der Waals surface area contributed by atoms with Gasteiger partial charge in [0.25, 0.3) is 5.91 Å². The van der Waals surface area contributed by atoms with Gasteiger partial charge >= 0.3 is 5.97 Å². The summed E-state index contributed by atoms with van der Waals surface area (Å²) in [6.45, 7) is 1.67. The molecular formula is C14H19N3O4. The number of carbonyl (C=O) groups excluding carboxylic acids is 2. The summed E-state index contributed by atoms with van der Waals surface area (Å²) in [5.74, 6) is -2.04. The van der Waals surface area contributed by atoms with Crippen LogP contribution in [0.15, 0.2) is 24.5 Å². The summed E-state index contributed by atoms with van der Waals surface area (Å²) in [7, 11) is 0. The smallest absolute Gasteiger partial charge is 0.326 e. The van der Waals surface area contributed by atoms with Gasteiger partial charge in [-0.25, -0.2) is 4.79 Å². The van der Waals surface area contributed by atoms with E-state index in [4.69, 9.17) is 5.11 Å². The molecule has 3 N–H and O–H groups in total. The molecule has 0 fully saturated rings. The molecule has 0 aliphatic rings. The molecule has 1 atom stereocenters. The number of pyridine rings is 1. The molecule has 1 aromatic heterocycles. The molecule has 0 aliphatic heterocycles. The zero-order valence-electron chi connectivity index (χ0n) is 11.8. The molecule has 0 bridgehead atoms. The zero-order chi connectivity index (χ0) is 15.7. The van der Waals surface area contributed by atoms with Crippen LogP contribution in [0.1, 0.15) is 36.5 Å². The molecule has 0 aliphatic carbocycles. The average Bonchev–Trinajstić information content (AvgIpc) is 2.49. The summed E-state index contributed by atoms with van der Waals surface area (Å²) in [5, 5.41) is 13.8. The van der Waals surface area contributed by atoms with Crippen LogP contribution >= 0.6 is 0 Å². The van der Waals surface area contributed by atoms with Crippen LogP contribution < -0.4 is 10.6 Å². The van der Waals surface area contributed by atoms with E-state index in [0.717, 1.165) is 6.42 Å². The van der Waals surface area contributed by atoms with Crippen molar-refractivity contribution in [3.05, 3.63) is 30.1 Å². The first-order valence-electron chi connectivity index (χ1n) is 6.75. The molecule has 1 aromatic rings. The minimum atomic E-state index is -1.07. The van der Waals surface area contributed by atoms with Crippen molar-refractivity contribution in [1.29, 1.82) is 0 Å². The van der Waals surface area contributed by atoms with Gasteiger partial charge in [0.1, 0.15) is 6.04 Å². The van der Waals surface area contributed by atoms with Gasteiger partial charge in [0, 0.05) is 12.4 Å². The highest BCUT2D eigenvalue weighted by atomic mass is 16.4. The number of unbranched alkanes of at least 4 members (excludes halogenated alkanes) is 1. The van der Waals surface area contributed by atoms with Crippen molar-refractivity contribution in [2.75, 3.05) is 6.54 Å². The second kappa shape index (κ2) is 8.68. The lowest BCUT2D eigenvalue weighted by Gasteiger charge is -2.14. The largest absolute Gasteiger partial charge is 0.480 e. The van der Waals surface area contributed by atoms with Gasteiger partial charge in [0.15, 0.2) is 0 Å². The van der Waals surface area contributed by atoms with Crippen molar-refractivity contribution in [3.8, 4) is 0 Å². The normalized spacial score (nSPS) is 11.5. The number of carboxylic acid groups (broad SMARTS) is 1. The molecule has 0 aromatic carbocycles. The third-order valence-electron chi connectivity index (χ3n) is 2.81. The van der Waals surface area contributed by atoms with Gasteiger partial charge in [0.2, 0.25) is 5.91 Å². The number of carboxylic acids is 1. The van der Waals surface area contributed by atoms with Crippen LogP contribution in [0.3, 0.4) is 0 Å². The van der Waals surface area contributed by atoms with Crippen molar-refractivity contribution < 1.29 is 19.5 Å². The number of nitrogens with one attached hydrogen (secondary N) is 2. The lowest BCUT2D eigenvalue weighted by atomic mass is 10.1. The Kier molecular flexibility index (Phi) is 6.86. The predicted molar refractivity (Wildman–Crippen MR) is 75.7 cm³/mol. The molecule has 0 saturated carbocycles. The highest BCUT2D eigenvalue weighted by Gasteiger charge is 2.19. The Bertz CT molecular complexity index is 490. The molecule has 7 heteroatoms.